The summed E-state index contributed by atoms with van der Waals surface area (Å²) < 4.78 is 20.5. The molecule has 0 aliphatic rings. The first-order valence-electron chi connectivity index (χ1n) is 5.60. The molecule has 1 aromatic carbocycles. The van der Waals surface area contributed by atoms with Crippen LogP contribution in [-0.2, 0) is 4.74 Å². The second kappa shape index (κ2) is 5.48. The van der Waals surface area contributed by atoms with Gasteiger partial charge in [0, 0.05) is 0 Å². The van der Waals surface area contributed by atoms with Crippen molar-refractivity contribution in [3.8, 4) is 22.8 Å². The molecule has 2 rings (SSSR count). The van der Waals surface area contributed by atoms with Gasteiger partial charge >= 0.3 is 5.97 Å². The zero-order valence-corrected chi connectivity index (χ0v) is 10.9. The second-order valence-electron chi connectivity index (χ2n) is 3.72. The quantitative estimate of drug-likeness (QED) is 0.793. The van der Waals surface area contributed by atoms with Crippen molar-refractivity contribution in [2.75, 3.05) is 21.3 Å². The van der Waals surface area contributed by atoms with Crippen LogP contribution in [0.2, 0.25) is 0 Å². The van der Waals surface area contributed by atoms with E-state index in [-0.39, 0.29) is 5.76 Å². The highest BCUT2D eigenvalue weighted by Gasteiger charge is 2.15. The maximum absolute atomic E-state index is 11.4. The maximum Gasteiger partial charge on any atom is 0.373 e. The second-order valence-corrected chi connectivity index (χ2v) is 3.72. The molecule has 0 amide bonds. The molecule has 0 spiro atoms. The molecule has 1 aromatic heterocycles. The molecule has 100 valence electrons. The summed E-state index contributed by atoms with van der Waals surface area (Å²) in [6, 6.07) is 8.57. The van der Waals surface area contributed by atoms with E-state index in [1.165, 1.54) is 7.11 Å². The fraction of sp³-hybridized carbons (Fsp3) is 0.214. The van der Waals surface area contributed by atoms with Crippen molar-refractivity contribution in [2.45, 2.75) is 0 Å². The Balaban J connectivity index is 2.45. The Labute approximate surface area is 110 Å². The fourth-order valence-corrected chi connectivity index (χ4v) is 1.70. The standard InChI is InChI=1S/C14H14O5/c1-16-9-4-5-11(17-2)10(8-9)12-6-7-13(19-12)14(15)18-3/h4-8H,1-3H3. The molecule has 1 heterocycles. The largest absolute Gasteiger partial charge is 0.497 e. The van der Waals surface area contributed by atoms with Crippen LogP contribution in [0.1, 0.15) is 10.6 Å². The number of carbonyl (C=O) groups excluding carboxylic acids is 1. The van der Waals surface area contributed by atoms with Crippen molar-refractivity contribution in [1.29, 1.82) is 0 Å². The van der Waals surface area contributed by atoms with E-state index in [1.807, 2.05) is 0 Å². The van der Waals surface area contributed by atoms with Gasteiger partial charge in [-0.3, -0.25) is 0 Å². The Hall–Kier alpha value is -2.43. The Morgan fingerprint density at radius 2 is 1.84 bits per heavy atom. The lowest BCUT2D eigenvalue weighted by Gasteiger charge is -2.08. The lowest BCUT2D eigenvalue weighted by Crippen LogP contribution is -1.98. The van der Waals surface area contributed by atoms with Gasteiger partial charge < -0.3 is 18.6 Å². The molecular formula is C14H14O5. The van der Waals surface area contributed by atoms with Crippen molar-refractivity contribution >= 4 is 5.97 Å². The average molecular weight is 262 g/mol. The van der Waals surface area contributed by atoms with Gasteiger partial charge in [-0.25, -0.2) is 4.79 Å². The summed E-state index contributed by atoms with van der Waals surface area (Å²) in [5, 5.41) is 0. The van der Waals surface area contributed by atoms with E-state index in [1.54, 1.807) is 44.6 Å². The number of esters is 1. The van der Waals surface area contributed by atoms with E-state index in [0.29, 0.717) is 22.8 Å². The highest BCUT2D eigenvalue weighted by atomic mass is 16.5. The third-order valence-corrected chi connectivity index (χ3v) is 2.66. The third-order valence-electron chi connectivity index (χ3n) is 2.66. The van der Waals surface area contributed by atoms with Gasteiger partial charge in [-0.1, -0.05) is 0 Å². The number of hydrogen-bond donors (Lipinski definition) is 0. The number of rotatable bonds is 4. The number of carbonyl (C=O) groups is 1. The first kappa shape index (κ1) is 13.0. The molecule has 0 saturated carbocycles. The van der Waals surface area contributed by atoms with Crippen molar-refractivity contribution < 1.29 is 23.4 Å². The zero-order valence-electron chi connectivity index (χ0n) is 10.9. The van der Waals surface area contributed by atoms with Crippen molar-refractivity contribution in [3.63, 3.8) is 0 Å². The van der Waals surface area contributed by atoms with Crippen LogP contribution >= 0.6 is 0 Å². The Kier molecular flexibility index (Phi) is 3.75. The molecule has 0 N–H and O–H groups in total. The third kappa shape index (κ3) is 2.54. The van der Waals surface area contributed by atoms with Crippen molar-refractivity contribution in [3.05, 3.63) is 36.1 Å². The van der Waals surface area contributed by atoms with Gasteiger partial charge in [0.25, 0.3) is 0 Å². The smallest absolute Gasteiger partial charge is 0.373 e. The summed E-state index contributed by atoms with van der Waals surface area (Å²) in [5.41, 5.74) is 0.706. The monoisotopic (exact) mass is 262 g/mol. The predicted molar refractivity (Wildman–Crippen MR) is 68.6 cm³/mol. The van der Waals surface area contributed by atoms with E-state index in [2.05, 4.69) is 4.74 Å². The van der Waals surface area contributed by atoms with Crippen molar-refractivity contribution in [1.82, 2.24) is 0 Å². The molecular weight excluding hydrogens is 248 g/mol. The maximum atomic E-state index is 11.4. The first-order valence-corrected chi connectivity index (χ1v) is 5.60. The topological polar surface area (TPSA) is 57.9 Å². The Morgan fingerprint density at radius 1 is 1.05 bits per heavy atom. The van der Waals surface area contributed by atoms with Crippen LogP contribution < -0.4 is 9.47 Å². The van der Waals surface area contributed by atoms with Gasteiger partial charge in [-0.15, -0.1) is 0 Å². The molecule has 0 atom stereocenters. The summed E-state index contributed by atoms with van der Waals surface area (Å²) in [6.07, 6.45) is 0. The van der Waals surface area contributed by atoms with E-state index in [0.717, 1.165) is 0 Å². The molecule has 0 saturated heterocycles. The van der Waals surface area contributed by atoms with E-state index in [4.69, 9.17) is 13.9 Å². The molecule has 2 aromatic rings. The lowest BCUT2D eigenvalue weighted by molar-refractivity contribution is 0.0566. The van der Waals surface area contributed by atoms with Gasteiger partial charge in [0.15, 0.2) is 0 Å². The number of methoxy groups -OCH3 is 3. The van der Waals surface area contributed by atoms with Gasteiger partial charge in [-0.2, -0.15) is 0 Å². The molecule has 19 heavy (non-hydrogen) atoms. The summed E-state index contributed by atoms with van der Waals surface area (Å²) in [6.45, 7) is 0. The number of ether oxygens (including phenoxy) is 3. The Morgan fingerprint density at radius 3 is 2.47 bits per heavy atom. The minimum Gasteiger partial charge on any atom is -0.497 e. The van der Waals surface area contributed by atoms with Crippen molar-refractivity contribution in [2.24, 2.45) is 0 Å². The van der Waals surface area contributed by atoms with Crippen LogP contribution in [0.4, 0.5) is 0 Å². The normalized spacial score (nSPS) is 10.1. The zero-order chi connectivity index (χ0) is 13.8. The lowest BCUT2D eigenvalue weighted by atomic mass is 10.1. The van der Waals surface area contributed by atoms with Gasteiger partial charge in [0.05, 0.1) is 26.9 Å². The van der Waals surface area contributed by atoms with Crippen LogP contribution in [-0.4, -0.2) is 27.3 Å². The van der Waals surface area contributed by atoms with Gasteiger partial charge in [0.2, 0.25) is 5.76 Å². The van der Waals surface area contributed by atoms with Crippen LogP contribution in [0.25, 0.3) is 11.3 Å². The minimum atomic E-state index is -0.520. The molecule has 0 bridgehead atoms. The summed E-state index contributed by atoms with van der Waals surface area (Å²) in [7, 11) is 4.44. The highest BCUT2D eigenvalue weighted by molar-refractivity contribution is 5.87. The molecule has 5 nitrogen and oxygen atoms in total. The van der Waals surface area contributed by atoms with Crippen LogP contribution in [0.3, 0.4) is 0 Å². The van der Waals surface area contributed by atoms with Gasteiger partial charge in [-0.05, 0) is 30.3 Å². The van der Waals surface area contributed by atoms with Crippen LogP contribution in [0.15, 0.2) is 34.7 Å². The highest BCUT2D eigenvalue weighted by Crippen LogP contribution is 2.34. The summed E-state index contributed by atoms with van der Waals surface area (Å²) >= 11 is 0. The molecule has 5 heteroatoms. The molecule has 0 radical (unpaired) electrons. The molecule has 0 unspecified atom stereocenters. The number of hydrogen-bond acceptors (Lipinski definition) is 5. The van der Waals surface area contributed by atoms with E-state index < -0.39 is 5.97 Å². The van der Waals surface area contributed by atoms with E-state index >= 15 is 0 Å². The fourth-order valence-electron chi connectivity index (χ4n) is 1.70. The first-order chi connectivity index (χ1) is 9.19. The van der Waals surface area contributed by atoms with Crippen LogP contribution in [0.5, 0.6) is 11.5 Å². The average Bonchev–Trinajstić information content (AvgIpc) is 2.95. The number of benzene rings is 1. The number of furan rings is 1. The minimum absolute atomic E-state index is 0.141. The predicted octanol–water partition coefficient (Wildman–Crippen LogP) is 2.75. The molecule has 0 aliphatic carbocycles. The molecule has 0 aliphatic heterocycles. The summed E-state index contributed by atoms with van der Waals surface area (Å²) in [5.74, 6) is 1.44. The van der Waals surface area contributed by atoms with Gasteiger partial charge in [0.1, 0.15) is 17.3 Å². The van der Waals surface area contributed by atoms with E-state index in [9.17, 15) is 4.79 Å². The van der Waals surface area contributed by atoms with Crippen LogP contribution in [0, 0.1) is 0 Å². The SMILES string of the molecule is COC(=O)c1ccc(-c2cc(OC)ccc2OC)o1. The molecule has 0 fully saturated rings. The summed E-state index contributed by atoms with van der Waals surface area (Å²) in [4.78, 5) is 11.4. The Bertz CT molecular complexity index is 585.